The summed E-state index contributed by atoms with van der Waals surface area (Å²) in [5, 5.41) is 0.601. The highest BCUT2D eigenvalue weighted by Gasteiger charge is 2.12. The third-order valence-corrected chi connectivity index (χ3v) is 3.34. The average molecular weight is 354 g/mol. The van der Waals surface area contributed by atoms with Gasteiger partial charge >= 0.3 is 5.97 Å². The maximum atomic E-state index is 13.5. The van der Waals surface area contributed by atoms with Crippen LogP contribution in [0.15, 0.2) is 16.6 Å². The second-order valence-corrected chi connectivity index (χ2v) is 4.57. The van der Waals surface area contributed by atoms with Crippen molar-refractivity contribution in [3.8, 4) is 0 Å². The molecule has 1 aromatic carbocycles. The minimum atomic E-state index is -0.413. The van der Waals surface area contributed by atoms with E-state index in [0.717, 1.165) is 5.56 Å². The van der Waals surface area contributed by atoms with E-state index in [0.29, 0.717) is 22.0 Å². The molecule has 88 valence electrons. The van der Waals surface area contributed by atoms with Crippen molar-refractivity contribution in [1.29, 1.82) is 0 Å². The Bertz CT molecular complexity index is 394. The lowest BCUT2D eigenvalue weighted by atomic mass is 10.1. The van der Waals surface area contributed by atoms with E-state index >= 15 is 0 Å². The van der Waals surface area contributed by atoms with Gasteiger partial charge < -0.3 is 4.74 Å². The third-order valence-electron chi connectivity index (χ3n) is 2.00. The van der Waals surface area contributed by atoms with E-state index in [1.54, 1.807) is 13.0 Å². The first kappa shape index (κ1) is 13.6. The standard InChI is InChI=1S/C11H11Br2FO2/c1-2-16-11(15)4-7-3-8(6-12)9(13)5-10(7)14/h3,5H,2,4,6H2,1H3. The fourth-order valence-electron chi connectivity index (χ4n) is 1.25. The number of esters is 1. The quantitative estimate of drug-likeness (QED) is 0.610. The highest BCUT2D eigenvalue weighted by Crippen LogP contribution is 2.23. The summed E-state index contributed by atoms with van der Waals surface area (Å²) in [6, 6.07) is 3.02. The number of rotatable bonds is 4. The van der Waals surface area contributed by atoms with Crippen molar-refractivity contribution in [2.45, 2.75) is 18.7 Å². The molecule has 5 heteroatoms. The Kier molecular flexibility index (Phi) is 5.41. The van der Waals surface area contributed by atoms with Gasteiger partial charge in [0.25, 0.3) is 0 Å². The minimum Gasteiger partial charge on any atom is -0.466 e. The van der Waals surface area contributed by atoms with Gasteiger partial charge in [0.2, 0.25) is 0 Å². The van der Waals surface area contributed by atoms with E-state index < -0.39 is 11.8 Å². The van der Waals surface area contributed by atoms with Gasteiger partial charge in [0.1, 0.15) is 5.82 Å². The molecule has 0 atom stereocenters. The van der Waals surface area contributed by atoms with Crippen molar-refractivity contribution in [2.75, 3.05) is 6.61 Å². The molecule has 0 aromatic heterocycles. The van der Waals surface area contributed by atoms with Gasteiger partial charge in [-0.1, -0.05) is 37.9 Å². The molecule has 0 radical (unpaired) electrons. The molecular weight excluding hydrogens is 343 g/mol. The van der Waals surface area contributed by atoms with Gasteiger partial charge in [-0.25, -0.2) is 4.39 Å². The molecule has 0 spiro atoms. The third kappa shape index (κ3) is 3.56. The summed E-state index contributed by atoms with van der Waals surface area (Å²) < 4.78 is 19.0. The van der Waals surface area contributed by atoms with Crippen LogP contribution in [0.1, 0.15) is 18.1 Å². The zero-order chi connectivity index (χ0) is 12.1. The zero-order valence-corrected chi connectivity index (χ0v) is 11.9. The van der Waals surface area contributed by atoms with Gasteiger partial charge in [-0.3, -0.25) is 4.79 Å². The van der Waals surface area contributed by atoms with Gasteiger partial charge in [0.15, 0.2) is 0 Å². The van der Waals surface area contributed by atoms with Crippen molar-refractivity contribution < 1.29 is 13.9 Å². The number of alkyl halides is 1. The van der Waals surface area contributed by atoms with E-state index in [4.69, 9.17) is 4.74 Å². The Labute approximate surface area is 110 Å². The molecule has 2 nitrogen and oxygen atoms in total. The Balaban J connectivity index is 2.91. The number of hydrogen-bond acceptors (Lipinski definition) is 2. The van der Waals surface area contributed by atoms with Gasteiger partial charge in [0.05, 0.1) is 13.0 Å². The number of hydrogen-bond donors (Lipinski definition) is 0. The molecule has 1 rings (SSSR count). The highest BCUT2D eigenvalue weighted by atomic mass is 79.9. The van der Waals surface area contributed by atoms with Crippen LogP contribution >= 0.6 is 31.9 Å². The fraction of sp³-hybridized carbons (Fsp3) is 0.364. The predicted octanol–water partition coefficient (Wildman–Crippen LogP) is 3.59. The van der Waals surface area contributed by atoms with Gasteiger partial charge in [-0.05, 0) is 24.1 Å². The van der Waals surface area contributed by atoms with Crippen LogP contribution in [0.2, 0.25) is 0 Å². The van der Waals surface area contributed by atoms with Crippen molar-refractivity contribution in [3.63, 3.8) is 0 Å². The number of benzene rings is 1. The van der Waals surface area contributed by atoms with Crippen LogP contribution in [0.3, 0.4) is 0 Å². The second-order valence-electron chi connectivity index (χ2n) is 3.15. The zero-order valence-electron chi connectivity index (χ0n) is 8.73. The van der Waals surface area contributed by atoms with Crippen molar-refractivity contribution in [2.24, 2.45) is 0 Å². The first-order chi connectivity index (χ1) is 7.58. The fourth-order valence-corrected chi connectivity index (χ4v) is 2.55. The Hall–Kier alpha value is -0.420. The Morgan fingerprint density at radius 1 is 1.44 bits per heavy atom. The topological polar surface area (TPSA) is 26.3 Å². The molecule has 0 fully saturated rings. The van der Waals surface area contributed by atoms with Crippen molar-refractivity contribution >= 4 is 37.8 Å². The lowest BCUT2D eigenvalue weighted by Crippen LogP contribution is -2.09. The van der Waals surface area contributed by atoms with E-state index in [9.17, 15) is 9.18 Å². The number of carbonyl (C=O) groups is 1. The molecule has 0 bridgehead atoms. The lowest BCUT2D eigenvalue weighted by molar-refractivity contribution is -0.142. The van der Waals surface area contributed by atoms with Crippen LogP contribution in [0, 0.1) is 5.82 Å². The Morgan fingerprint density at radius 3 is 2.69 bits per heavy atom. The van der Waals surface area contributed by atoms with Crippen LogP contribution in [-0.2, 0) is 21.3 Å². The molecular formula is C11H11Br2FO2. The lowest BCUT2D eigenvalue weighted by Gasteiger charge is -2.07. The molecule has 0 amide bonds. The summed E-state index contributed by atoms with van der Waals surface area (Å²) in [5.74, 6) is -0.811. The van der Waals surface area contributed by atoms with E-state index in [2.05, 4.69) is 31.9 Å². The molecule has 0 saturated carbocycles. The summed E-state index contributed by atoms with van der Waals surface area (Å²) in [4.78, 5) is 11.2. The summed E-state index contributed by atoms with van der Waals surface area (Å²) in [5.41, 5.74) is 1.26. The van der Waals surface area contributed by atoms with Gasteiger partial charge in [0, 0.05) is 9.80 Å². The van der Waals surface area contributed by atoms with Crippen LogP contribution in [0.5, 0.6) is 0 Å². The van der Waals surface area contributed by atoms with E-state index in [1.165, 1.54) is 6.07 Å². The molecule has 0 N–H and O–H groups in total. The molecule has 0 aliphatic heterocycles. The van der Waals surface area contributed by atoms with Crippen LogP contribution in [0.25, 0.3) is 0 Å². The highest BCUT2D eigenvalue weighted by molar-refractivity contribution is 9.10. The van der Waals surface area contributed by atoms with E-state index in [-0.39, 0.29) is 6.42 Å². The first-order valence-electron chi connectivity index (χ1n) is 4.76. The average Bonchev–Trinajstić information content (AvgIpc) is 2.22. The number of halogens is 3. The molecule has 0 unspecified atom stereocenters. The SMILES string of the molecule is CCOC(=O)Cc1cc(CBr)c(Br)cc1F. The van der Waals surface area contributed by atoms with E-state index in [1.807, 2.05) is 0 Å². The molecule has 0 saturated heterocycles. The van der Waals surface area contributed by atoms with Crippen LogP contribution in [-0.4, -0.2) is 12.6 Å². The van der Waals surface area contributed by atoms with Gasteiger partial charge in [-0.2, -0.15) is 0 Å². The van der Waals surface area contributed by atoms with Crippen molar-refractivity contribution in [1.82, 2.24) is 0 Å². The molecule has 0 aliphatic carbocycles. The summed E-state index contributed by atoms with van der Waals surface area (Å²) in [6.45, 7) is 2.03. The molecule has 16 heavy (non-hydrogen) atoms. The normalized spacial score (nSPS) is 10.2. The summed E-state index contributed by atoms with van der Waals surface area (Å²) in [7, 11) is 0. The van der Waals surface area contributed by atoms with Gasteiger partial charge in [-0.15, -0.1) is 0 Å². The second kappa shape index (κ2) is 6.35. The summed E-state index contributed by atoms with van der Waals surface area (Å²) in [6.07, 6.45) is -0.0348. The minimum absolute atomic E-state index is 0.0348. The largest absolute Gasteiger partial charge is 0.466 e. The Morgan fingerprint density at radius 2 is 2.12 bits per heavy atom. The monoisotopic (exact) mass is 352 g/mol. The maximum absolute atomic E-state index is 13.5. The molecule has 0 heterocycles. The van der Waals surface area contributed by atoms with Crippen LogP contribution < -0.4 is 0 Å². The molecule has 0 aliphatic rings. The maximum Gasteiger partial charge on any atom is 0.310 e. The summed E-state index contributed by atoms with van der Waals surface area (Å²) >= 11 is 6.55. The van der Waals surface area contributed by atoms with Crippen molar-refractivity contribution in [3.05, 3.63) is 33.5 Å². The molecule has 1 aromatic rings. The number of ether oxygens (including phenoxy) is 1. The number of carbonyl (C=O) groups excluding carboxylic acids is 1. The predicted molar refractivity (Wildman–Crippen MR) is 67.1 cm³/mol. The van der Waals surface area contributed by atoms with Crippen LogP contribution in [0.4, 0.5) is 4.39 Å². The first-order valence-corrected chi connectivity index (χ1v) is 6.68. The smallest absolute Gasteiger partial charge is 0.310 e.